The third-order valence-electron chi connectivity index (χ3n) is 2.85. The number of non-ortho nitro benzene ring substituents is 1. The smallest absolute Gasteiger partial charge is 0.270 e. The summed E-state index contributed by atoms with van der Waals surface area (Å²) in [5.74, 6) is -0.807. The summed E-state index contributed by atoms with van der Waals surface area (Å²) in [5, 5.41) is 16.2. The van der Waals surface area contributed by atoms with E-state index in [2.05, 4.69) is 10.6 Å². The monoisotopic (exact) mass is 333 g/mol. The molecule has 0 saturated heterocycles. The summed E-state index contributed by atoms with van der Waals surface area (Å²) in [6, 6.07) is 9.95. The lowest BCUT2D eigenvalue weighted by Gasteiger charge is -2.09. The number of halogens is 1. The van der Waals surface area contributed by atoms with E-state index >= 15 is 0 Å². The van der Waals surface area contributed by atoms with Crippen LogP contribution in [-0.2, 0) is 4.79 Å². The second kappa shape index (κ2) is 6.89. The lowest BCUT2D eigenvalue weighted by atomic mass is 10.2. The highest BCUT2D eigenvalue weighted by molar-refractivity contribution is 6.33. The van der Waals surface area contributed by atoms with Crippen LogP contribution in [0.1, 0.15) is 17.3 Å². The number of nitrogens with zero attached hydrogens (tertiary/aromatic N) is 1. The molecule has 0 radical (unpaired) electrons. The fraction of sp³-hybridized carbons (Fsp3) is 0.0667. The molecule has 0 bridgehead atoms. The first kappa shape index (κ1) is 16.4. The Balaban J connectivity index is 2.21. The summed E-state index contributed by atoms with van der Waals surface area (Å²) >= 11 is 5.95. The molecule has 0 heterocycles. The molecular formula is C15H12ClN3O4. The quantitative estimate of drug-likeness (QED) is 0.660. The second-order valence-electron chi connectivity index (χ2n) is 4.64. The van der Waals surface area contributed by atoms with Crippen LogP contribution in [0.15, 0.2) is 42.5 Å². The van der Waals surface area contributed by atoms with Gasteiger partial charge >= 0.3 is 0 Å². The van der Waals surface area contributed by atoms with Crippen molar-refractivity contribution in [3.63, 3.8) is 0 Å². The molecule has 8 heteroatoms. The summed E-state index contributed by atoms with van der Waals surface area (Å²) in [7, 11) is 0. The fourth-order valence-corrected chi connectivity index (χ4v) is 2.02. The van der Waals surface area contributed by atoms with E-state index in [-0.39, 0.29) is 17.2 Å². The Hall–Kier alpha value is -2.93. The molecule has 2 N–H and O–H groups in total. The average molecular weight is 334 g/mol. The highest BCUT2D eigenvalue weighted by atomic mass is 35.5. The van der Waals surface area contributed by atoms with Crippen LogP contribution in [0.25, 0.3) is 0 Å². The van der Waals surface area contributed by atoms with Gasteiger partial charge < -0.3 is 10.6 Å². The first-order chi connectivity index (χ1) is 10.9. The zero-order valence-electron chi connectivity index (χ0n) is 12.0. The molecule has 0 fully saturated rings. The maximum atomic E-state index is 12.2. The van der Waals surface area contributed by atoms with E-state index in [4.69, 9.17) is 11.6 Å². The van der Waals surface area contributed by atoms with Crippen molar-refractivity contribution < 1.29 is 14.5 Å². The number of carbonyl (C=O) groups is 2. The third-order valence-corrected chi connectivity index (χ3v) is 3.18. The van der Waals surface area contributed by atoms with Gasteiger partial charge in [0.2, 0.25) is 5.91 Å². The van der Waals surface area contributed by atoms with Crippen LogP contribution in [0.5, 0.6) is 0 Å². The largest absolute Gasteiger partial charge is 0.325 e. The molecule has 2 amide bonds. The number of anilines is 2. The second-order valence-corrected chi connectivity index (χ2v) is 5.04. The number of nitrogens with one attached hydrogen (secondary N) is 2. The van der Waals surface area contributed by atoms with Crippen LogP contribution in [-0.4, -0.2) is 16.7 Å². The highest BCUT2D eigenvalue weighted by Gasteiger charge is 2.12. The number of hydrogen-bond acceptors (Lipinski definition) is 4. The molecule has 0 unspecified atom stereocenters. The standard InChI is InChI=1S/C15H12ClN3O4/c1-9(20)17-14-8-11(5-6-13(14)16)18-15(21)10-3-2-4-12(7-10)19(22)23/h2-8H,1H3,(H,17,20)(H,18,21). The maximum Gasteiger partial charge on any atom is 0.270 e. The fourth-order valence-electron chi connectivity index (χ4n) is 1.85. The number of carbonyl (C=O) groups excluding carboxylic acids is 2. The minimum atomic E-state index is -0.575. The average Bonchev–Trinajstić information content (AvgIpc) is 2.50. The third kappa shape index (κ3) is 4.27. The lowest BCUT2D eigenvalue weighted by molar-refractivity contribution is -0.384. The molecule has 0 aliphatic rings. The van der Waals surface area contributed by atoms with Crippen molar-refractivity contribution in [1.29, 1.82) is 0 Å². The Labute approximate surface area is 136 Å². The summed E-state index contributed by atoms with van der Waals surface area (Å²) in [6.07, 6.45) is 0. The lowest BCUT2D eigenvalue weighted by Crippen LogP contribution is -2.13. The van der Waals surface area contributed by atoms with Gasteiger partial charge in [-0.25, -0.2) is 0 Å². The van der Waals surface area contributed by atoms with E-state index in [0.29, 0.717) is 16.4 Å². The molecule has 118 valence electrons. The van der Waals surface area contributed by atoms with Crippen LogP contribution in [0.2, 0.25) is 5.02 Å². The molecule has 2 aromatic rings. The maximum absolute atomic E-state index is 12.2. The Morgan fingerprint density at radius 1 is 1.13 bits per heavy atom. The van der Waals surface area contributed by atoms with Gasteiger partial charge in [0.05, 0.1) is 15.6 Å². The Morgan fingerprint density at radius 2 is 1.87 bits per heavy atom. The number of nitro benzene ring substituents is 1. The van der Waals surface area contributed by atoms with Crippen LogP contribution >= 0.6 is 11.6 Å². The minimum Gasteiger partial charge on any atom is -0.325 e. The Morgan fingerprint density at radius 3 is 2.52 bits per heavy atom. The number of hydrogen-bond donors (Lipinski definition) is 2. The van der Waals surface area contributed by atoms with E-state index in [1.165, 1.54) is 43.3 Å². The predicted molar refractivity (Wildman–Crippen MR) is 86.8 cm³/mol. The van der Waals surface area contributed by atoms with Gasteiger partial charge in [-0.1, -0.05) is 17.7 Å². The summed E-state index contributed by atoms with van der Waals surface area (Å²) in [6.45, 7) is 1.34. The molecule has 7 nitrogen and oxygen atoms in total. The molecule has 2 rings (SSSR count). The van der Waals surface area contributed by atoms with Crippen LogP contribution < -0.4 is 10.6 Å². The zero-order chi connectivity index (χ0) is 17.0. The number of rotatable bonds is 4. The van der Waals surface area contributed by atoms with Gasteiger partial charge in [0.15, 0.2) is 0 Å². The van der Waals surface area contributed by atoms with Crippen molar-refractivity contribution >= 4 is 40.5 Å². The SMILES string of the molecule is CC(=O)Nc1cc(NC(=O)c2cccc([N+](=O)[O-])c2)ccc1Cl. The van der Waals surface area contributed by atoms with E-state index < -0.39 is 10.8 Å². The van der Waals surface area contributed by atoms with Gasteiger partial charge in [-0.05, 0) is 24.3 Å². The summed E-state index contributed by atoms with van der Waals surface area (Å²) < 4.78 is 0. The Bertz CT molecular complexity index is 792. The molecule has 0 spiro atoms. The van der Waals surface area contributed by atoms with Crippen molar-refractivity contribution in [2.75, 3.05) is 10.6 Å². The molecule has 23 heavy (non-hydrogen) atoms. The van der Waals surface area contributed by atoms with Crippen LogP contribution in [0.4, 0.5) is 17.1 Å². The van der Waals surface area contributed by atoms with E-state index in [1.807, 2.05) is 0 Å². The van der Waals surface area contributed by atoms with Crippen molar-refractivity contribution in [3.05, 3.63) is 63.2 Å². The van der Waals surface area contributed by atoms with Crippen molar-refractivity contribution in [3.8, 4) is 0 Å². The summed E-state index contributed by atoms with van der Waals surface area (Å²) in [5.41, 5.74) is 0.730. The first-order valence-electron chi connectivity index (χ1n) is 6.50. The molecule has 0 aliphatic heterocycles. The van der Waals surface area contributed by atoms with Crippen LogP contribution in [0, 0.1) is 10.1 Å². The molecule has 0 atom stereocenters. The molecule has 2 aromatic carbocycles. The molecular weight excluding hydrogens is 322 g/mol. The van der Waals surface area contributed by atoms with Gasteiger partial charge in [0, 0.05) is 30.3 Å². The van der Waals surface area contributed by atoms with Crippen LogP contribution in [0.3, 0.4) is 0 Å². The molecule has 0 aromatic heterocycles. The van der Waals surface area contributed by atoms with Crippen molar-refractivity contribution in [2.45, 2.75) is 6.92 Å². The van der Waals surface area contributed by atoms with Gasteiger partial charge in [0.1, 0.15) is 0 Å². The van der Waals surface area contributed by atoms with Gasteiger partial charge in [-0.3, -0.25) is 19.7 Å². The topological polar surface area (TPSA) is 101 Å². The minimum absolute atomic E-state index is 0.148. The van der Waals surface area contributed by atoms with E-state index in [9.17, 15) is 19.7 Å². The molecule has 0 aliphatic carbocycles. The zero-order valence-corrected chi connectivity index (χ0v) is 12.8. The number of benzene rings is 2. The summed E-state index contributed by atoms with van der Waals surface area (Å²) in [4.78, 5) is 33.4. The van der Waals surface area contributed by atoms with Gasteiger partial charge in [-0.2, -0.15) is 0 Å². The highest BCUT2D eigenvalue weighted by Crippen LogP contribution is 2.26. The number of nitro groups is 1. The first-order valence-corrected chi connectivity index (χ1v) is 6.87. The van der Waals surface area contributed by atoms with Crippen molar-refractivity contribution in [1.82, 2.24) is 0 Å². The van der Waals surface area contributed by atoms with E-state index in [0.717, 1.165) is 0 Å². The van der Waals surface area contributed by atoms with Gasteiger partial charge in [0.25, 0.3) is 11.6 Å². The van der Waals surface area contributed by atoms with E-state index in [1.54, 1.807) is 6.07 Å². The van der Waals surface area contributed by atoms with Crippen molar-refractivity contribution in [2.24, 2.45) is 0 Å². The number of amides is 2. The Kier molecular flexibility index (Phi) is 4.92. The van der Waals surface area contributed by atoms with Gasteiger partial charge in [-0.15, -0.1) is 0 Å². The predicted octanol–water partition coefficient (Wildman–Crippen LogP) is 3.46. The molecule has 0 saturated carbocycles. The normalized spacial score (nSPS) is 10.0.